The van der Waals surface area contributed by atoms with Gasteiger partial charge in [0, 0.05) is 11.9 Å². The highest BCUT2D eigenvalue weighted by molar-refractivity contribution is 7.90. The highest BCUT2D eigenvalue weighted by Crippen LogP contribution is 2.17. The van der Waals surface area contributed by atoms with Gasteiger partial charge >= 0.3 is 0 Å². The molecule has 21 heavy (non-hydrogen) atoms. The molecule has 0 radical (unpaired) electrons. The Balaban J connectivity index is 2.32. The van der Waals surface area contributed by atoms with Crippen LogP contribution in [-0.2, 0) is 9.84 Å². The van der Waals surface area contributed by atoms with Crippen LogP contribution in [0.4, 0.5) is 5.69 Å². The van der Waals surface area contributed by atoms with E-state index >= 15 is 0 Å². The molecule has 0 bridgehead atoms. The van der Waals surface area contributed by atoms with Crippen molar-refractivity contribution in [3.8, 4) is 0 Å². The Morgan fingerprint density at radius 1 is 1.24 bits per heavy atom. The molecule has 1 heterocycles. The van der Waals surface area contributed by atoms with Gasteiger partial charge in [0.25, 0.3) is 5.91 Å². The molecule has 1 amide bonds. The van der Waals surface area contributed by atoms with Crippen molar-refractivity contribution in [1.29, 1.82) is 0 Å². The fourth-order valence-corrected chi connectivity index (χ4v) is 2.19. The summed E-state index contributed by atoms with van der Waals surface area (Å²) in [6, 6.07) is 7.11. The van der Waals surface area contributed by atoms with Gasteiger partial charge in [-0.05, 0) is 19.1 Å². The second kappa shape index (κ2) is 5.79. The van der Waals surface area contributed by atoms with Crippen LogP contribution < -0.4 is 5.32 Å². The van der Waals surface area contributed by atoms with Crippen molar-refractivity contribution >= 4 is 33.0 Å². The number of hydrogen-bond donors (Lipinski definition) is 1. The number of nitrogens with one attached hydrogen (secondary N) is 1. The van der Waals surface area contributed by atoms with Gasteiger partial charge in [0.2, 0.25) is 15.0 Å². The lowest BCUT2D eigenvalue weighted by Gasteiger charge is -2.07. The van der Waals surface area contributed by atoms with E-state index in [9.17, 15) is 13.2 Å². The van der Waals surface area contributed by atoms with Crippen LogP contribution >= 0.6 is 11.6 Å². The van der Waals surface area contributed by atoms with Crippen molar-refractivity contribution in [3.05, 3.63) is 46.7 Å². The molecule has 6 nitrogen and oxygen atoms in total. The van der Waals surface area contributed by atoms with Crippen LogP contribution in [0.1, 0.15) is 16.1 Å². The third-order valence-corrected chi connectivity index (χ3v) is 3.71. The summed E-state index contributed by atoms with van der Waals surface area (Å²) in [5.74, 6) is -0.601. The van der Waals surface area contributed by atoms with Gasteiger partial charge < -0.3 is 5.32 Å². The molecule has 0 unspecified atom stereocenters. The number of halogens is 1. The first-order chi connectivity index (χ1) is 9.77. The number of benzene rings is 1. The Kier molecular flexibility index (Phi) is 4.24. The number of nitrogens with zero attached hydrogens (tertiary/aromatic N) is 2. The second-order valence-electron chi connectivity index (χ2n) is 4.44. The molecule has 0 aliphatic rings. The molecule has 0 atom stereocenters. The van der Waals surface area contributed by atoms with Crippen LogP contribution in [-0.4, -0.2) is 30.5 Å². The first-order valence-electron chi connectivity index (χ1n) is 5.88. The van der Waals surface area contributed by atoms with Crippen molar-refractivity contribution in [2.75, 3.05) is 11.6 Å². The number of aromatic nitrogens is 2. The Morgan fingerprint density at radius 2 is 1.86 bits per heavy atom. The summed E-state index contributed by atoms with van der Waals surface area (Å²) < 4.78 is 22.8. The lowest BCUT2D eigenvalue weighted by Crippen LogP contribution is -2.17. The molecule has 0 aliphatic heterocycles. The van der Waals surface area contributed by atoms with Gasteiger partial charge in [-0.3, -0.25) is 4.79 Å². The monoisotopic (exact) mass is 325 g/mol. The Bertz CT molecular complexity index is 789. The maximum Gasteiger partial charge on any atom is 0.275 e. The van der Waals surface area contributed by atoms with E-state index in [0.717, 1.165) is 18.0 Å². The molecule has 0 saturated heterocycles. The van der Waals surface area contributed by atoms with Crippen molar-refractivity contribution in [2.24, 2.45) is 0 Å². The van der Waals surface area contributed by atoms with Crippen molar-refractivity contribution < 1.29 is 13.2 Å². The van der Waals surface area contributed by atoms with Crippen LogP contribution in [0.5, 0.6) is 0 Å². The quantitative estimate of drug-likeness (QED) is 0.873. The van der Waals surface area contributed by atoms with Crippen LogP contribution in [0, 0.1) is 6.92 Å². The molecule has 0 spiro atoms. The third kappa shape index (κ3) is 3.77. The standard InChI is InChI=1S/C13H12ClN3O3S/c1-8-3-5-9(6-4-8)16-12(18)11-10(14)7-15-13(17-11)21(2,19)20/h3-7H,1-2H3,(H,16,18). The fourth-order valence-electron chi connectivity index (χ4n) is 1.52. The van der Waals surface area contributed by atoms with Crippen LogP contribution in [0.3, 0.4) is 0 Å². The molecule has 0 saturated carbocycles. The topological polar surface area (TPSA) is 89.0 Å². The summed E-state index contributed by atoms with van der Waals surface area (Å²) in [7, 11) is -3.61. The van der Waals surface area contributed by atoms with E-state index in [-0.39, 0.29) is 10.7 Å². The van der Waals surface area contributed by atoms with E-state index in [1.807, 2.05) is 19.1 Å². The lowest BCUT2D eigenvalue weighted by molar-refractivity contribution is 0.102. The average Bonchev–Trinajstić information content (AvgIpc) is 2.40. The van der Waals surface area contributed by atoms with Gasteiger partial charge in [0.05, 0.1) is 11.2 Å². The molecule has 1 N–H and O–H groups in total. The molecule has 1 aromatic carbocycles. The fraction of sp³-hybridized carbons (Fsp3) is 0.154. The summed E-state index contributed by atoms with van der Waals surface area (Å²) in [5, 5.41) is 2.13. The number of anilines is 1. The zero-order valence-corrected chi connectivity index (χ0v) is 12.9. The first-order valence-corrected chi connectivity index (χ1v) is 8.15. The molecule has 110 valence electrons. The number of hydrogen-bond acceptors (Lipinski definition) is 5. The minimum Gasteiger partial charge on any atom is -0.321 e. The van der Waals surface area contributed by atoms with Crippen molar-refractivity contribution in [2.45, 2.75) is 12.1 Å². The number of amides is 1. The molecule has 2 rings (SSSR count). The number of rotatable bonds is 3. The summed E-state index contributed by atoms with van der Waals surface area (Å²) in [4.78, 5) is 19.4. The van der Waals surface area contributed by atoms with Crippen LogP contribution in [0.2, 0.25) is 5.02 Å². The number of carbonyl (C=O) groups is 1. The molecule has 8 heteroatoms. The lowest BCUT2D eigenvalue weighted by atomic mass is 10.2. The minimum absolute atomic E-state index is 0.0213. The average molecular weight is 326 g/mol. The van der Waals surface area contributed by atoms with Gasteiger partial charge in [0.15, 0.2) is 5.69 Å². The predicted octanol–water partition coefficient (Wildman–Crippen LogP) is 2.09. The summed E-state index contributed by atoms with van der Waals surface area (Å²) >= 11 is 5.85. The van der Waals surface area contributed by atoms with Gasteiger partial charge in [-0.25, -0.2) is 18.4 Å². The van der Waals surface area contributed by atoms with E-state index in [1.54, 1.807) is 12.1 Å². The second-order valence-corrected chi connectivity index (χ2v) is 6.76. The first kappa shape index (κ1) is 15.4. The number of sulfone groups is 1. The van der Waals surface area contributed by atoms with Gasteiger partial charge in [0.1, 0.15) is 0 Å². The largest absolute Gasteiger partial charge is 0.321 e. The maximum absolute atomic E-state index is 12.1. The summed E-state index contributed by atoms with van der Waals surface area (Å²) in [5.41, 5.74) is 1.42. The molecule has 2 aromatic rings. The number of carbonyl (C=O) groups excluding carboxylic acids is 1. The van der Waals surface area contributed by atoms with E-state index in [4.69, 9.17) is 11.6 Å². The van der Waals surface area contributed by atoms with E-state index in [2.05, 4.69) is 15.3 Å². The van der Waals surface area contributed by atoms with Crippen molar-refractivity contribution in [3.63, 3.8) is 0 Å². The highest BCUT2D eigenvalue weighted by atomic mass is 35.5. The third-order valence-electron chi connectivity index (χ3n) is 2.58. The smallest absolute Gasteiger partial charge is 0.275 e. The molecule has 0 aliphatic carbocycles. The molecular weight excluding hydrogens is 314 g/mol. The van der Waals surface area contributed by atoms with Gasteiger partial charge in [-0.2, -0.15) is 0 Å². The van der Waals surface area contributed by atoms with Crippen LogP contribution in [0.15, 0.2) is 35.6 Å². The Hall–Kier alpha value is -1.99. The molecule has 0 fully saturated rings. The SMILES string of the molecule is Cc1ccc(NC(=O)c2nc(S(C)(=O)=O)ncc2Cl)cc1. The van der Waals surface area contributed by atoms with Gasteiger partial charge in [-0.15, -0.1) is 0 Å². The molecular formula is C13H12ClN3O3S. The van der Waals surface area contributed by atoms with Gasteiger partial charge in [-0.1, -0.05) is 29.3 Å². The van der Waals surface area contributed by atoms with E-state index < -0.39 is 20.9 Å². The maximum atomic E-state index is 12.1. The Labute approximate surface area is 127 Å². The highest BCUT2D eigenvalue weighted by Gasteiger charge is 2.18. The minimum atomic E-state index is -3.61. The van der Waals surface area contributed by atoms with Crippen LogP contribution in [0.25, 0.3) is 0 Å². The summed E-state index contributed by atoms with van der Waals surface area (Å²) in [6.45, 7) is 1.92. The zero-order chi connectivity index (χ0) is 15.6. The summed E-state index contributed by atoms with van der Waals surface area (Å²) in [6.07, 6.45) is 2.05. The normalized spacial score (nSPS) is 11.2. The van der Waals surface area contributed by atoms with Crippen molar-refractivity contribution in [1.82, 2.24) is 9.97 Å². The van der Waals surface area contributed by atoms with E-state index in [0.29, 0.717) is 5.69 Å². The van der Waals surface area contributed by atoms with E-state index in [1.165, 1.54) is 0 Å². The Morgan fingerprint density at radius 3 is 2.43 bits per heavy atom. The number of aryl methyl sites for hydroxylation is 1. The molecule has 1 aromatic heterocycles. The predicted molar refractivity (Wildman–Crippen MR) is 79.3 cm³/mol. The zero-order valence-electron chi connectivity index (χ0n) is 11.3.